The van der Waals surface area contributed by atoms with Crippen LogP contribution in [-0.4, -0.2) is 26.3 Å². The van der Waals surface area contributed by atoms with E-state index < -0.39 is 10.0 Å². The Balaban J connectivity index is 2.23. The Labute approximate surface area is 115 Å². The molecule has 0 aromatic heterocycles. The quantitative estimate of drug-likeness (QED) is 0.869. The van der Waals surface area contributed by atoms with Gasteiger partial charge in [0.05, 0.1) is 4.90 Å². The lowest BCUT2D eigenvalue weighted by molar-refractivity contribution is 0.452. The summed E-state index contributed by atoms with van der Waals surface area (Å²) >= 11 is 0. The molecule has 0 amide bonds. The Bertz CT molecular complexity index is 538. The smallest absolute Gasteiger partial charge is 0.242 e. The topological polar surface area (TPSA) is 63.4 Å². The Kier molecular flexibility index (Phi) is 4.28. The van der Waals surface area contributed by atoms with E-state index in [1.54, 1.807) is 25.2 Å². The van der Waals surface area contributed by atoms with Crippen LogP contribution in [0.2, 0.25) is 0 Å². The summed E-state index contributed by atoms with van der Waals surface area (Å²) in [7, 11) is -1.73. The van der Waals surface area contributed by atoms with Crippen molar-refractivity contribution < 1.29 is 8.42 Å². The molecule has 1 aromatic rings. The lowest BCUT2D eigenvalue weighted by Gasteiger charge is -2.18. The highest BCUT2D eigenvalue weighted by Gasteiger charge is 2.29. The summed E-state index contributed by atoms with van der Waals surface area (Å²) in [6, 6.07) is 6.89. The van der Waals surface area contributed by atoms with E-state index in [0.717, 1.165) is 24.8 Å². The lowest BCUT2D eigenvalue weighted by Crippen LogP contribution is -2.29. The number of sulfonamides is 1. The molecule has 0 spiro atoms. The minimum Gasteiger partial charge on any atom is -0.324 e. The van der Waals surface area contributed by atoms with Crippen LogP contribution in [0.3, 0.4) is 0 Å². The Morgan fingerprint density at radius 1 is 1.42 bits per heavy atom. The first-order valence-electron chi connectivity index (χ1n) is 6.77. The molecule has 19 heavy (non-hydrogen) atoms. The van der Waals surface area contributed by atoms with Crippen LogP contribution in [0, 0.1) is 5.92 Å². The molecule has 0 heterocycles. The molecule has 4 nitrogen and oxygen atoms in total. The molecule has 1 aliphatic carbocycles. The normalized spacial score (nSPS) is 17.7. The lowest BCUT2D eigenvalue weighted by atomic mass is 10.1. The Hall–Kier alpha value is -0.910. The second-order valence-corrected chi connectivity index (χ2v) is 7.36. The van der Waals surface area contributed by atoms with Crippen LogP contribution in [0.25, 0.3) is 0 Å². The number of hydrogen-bond acceptors (Lipinski definition) is 3. The monoisotopic (exact) mass is 282 g/mol. The van der Waals surface area contributed by atoms with Gasteiger partial charge in [0, 0.05) is 19.6 Å². The molecule has 2 N–H and O–H groups in total. The van der Waals surface area contributed by atoms with Gasteiger partial charge in [-0.2, -0.15) is 0 Å². The third-order valence-electron chi connectivity index (χ3n) is 3.65. The van der Waals surface area contributed by atoms with Crippen LogP contribution in [0.5, 0.6) is 0 Å². The fourth-order valence-electron chi connectivity index (χ4n) is 2.08. The first-order chi connectivity index (χ1) is 8.95. The van der Waals surface area contributed by atoms with Crippen LogP contribution >= 0.6 is 0 Å². The van der Waals surface area contributed by atoms with E-state index >= 15 is 0 Å². The maximum atomic E-state index is 12.4. The average Bonchev–Trinajstić information content (AvgIpc) is 3.21. The zero-order valence-corrected chi connectivity index (χ0v) is 12.4. The Morgan fingerprint density at radius 3 is 2.68 bits per heavy atom. The maximum absolute atomic E-state index is 12.4. The maximum Gasteiger partial charge on any atom is 0.242 e. The van der Waals surface area contributed by atoms with E-state index in [9.17, 15) is 8.42 Å². The molecule has 2 rings (SSSR count). The summed E-state index contributed by atoms with van der Waals surface area (Å²) < 4.78 is 26.3. The van der Waals surface area contributed by atoms with Crippen LogP contribution < -0.4 is 5.73 Å². The molecule has 1 aromatic carbocycles. The third kappa shape index (κ3) is 3.35. The first kappa shape index (κ1) is 14.5. The molecule has 0 bridgehead atoms. The molecule has 5 heteroatoms. The second kappa shape index (κ2) is 5.61. The molecule has 0 saturated heterocycles. The molecule has 0 radical (unpaired) electrons. The van der Waals surface area contributed by atoms with Gasteiger partial charge in [-0.15, -0.1) is 0 Å². The molecule has 1 unspecified atom stereocenters. The van der Waals surface area contributed by atoms with Crippen molar-refractivity contribution in [1.82, 2.24) is 4.31 Å². The van der Waals surface area contributed by atoms with Crippen molar-refractivity contribution in [1.29, 1.82) is 0 Å². The highest BCUT2D eigenvalue weighted by atomic mass is 32.2. The molecule has 106 valence electrons. The number of hydrogen-bond donors (Lipinski definition) is 1. The molecule has 1 atom stereocenters. The van der Waals surface area contributed by atoms with Gasteiger partial charge in [0.15, 0.2) is 0 Å². The molecule has 1 fully saturated rings. The van der Waals surface area contributed by atoms with E-state index in [0.29, 0.717) is 17.4 Å². The van der Waals surface area contributed by atoms with Crippen molar-refractivity contribution in [2.24, 2.45) is 11.7 Å². The highest BCUT2D eigenvalue weighted by molar-refractivity contribution is 7.89. The van der Waals surface area contributed by atoms with Gasteiger partial charge >= 0.3 is 0 Å². The predicted octanol–water partition coefficient (Wildman–Crippen LogP) is 2.13. The van der Waals surface area contributed by atoms with Crippen LogP contribution in [0.15, 0.2) is 29.2 Å². The van der Waals surface area contributed by atoms with Gasteiger partial charge in [0.2, 0.25) is 10.0 Å². The summed E-state index contributed by atoms with van der Waals surface area (Å²) in [6.45, 7) is 2.61. The summed E-state index contributed by atoms with van der Waals surface area (Å²) in [5, 5.41) is 0. The van der Waals surface area contributed by atoms with Gasteiger partial charge in [-0.1, -0.05) is 19.1 Å². The zero-order chi connectivity index (χ0) is 14.0. The summed E-state index contributed by atoms with van der Waals surface area (Å²) in [6.07, 6.45) is 3.07. The van der Waals surface area contributed by atoms with Gasteiger partial charge in [0.1, 0.15) is 0 Å². The highest BCUT2D eigenvalue weighted by Crippen LogP contribution is 2.31. The van der Waals surface area contributed by atoms with Crippen LogP contribution in [0.1, 0.15) is 37.8 Å². The fourth-order valence-corrected chi connectivity index (χ4v) is 3.39. The zero-order valence-electron chi connectivity index (χ0n) is 11.5. The fraction of sp³-hybridized carbons (Fsp3) is 0.571. The minimum atomic E-state index is -3.38. The van der Waals surface area contributed by atoms with E-state index in [2.05, 4.69) is 0 Å². The van der Waals surface area contributed by atoms with Crippen molar-refractivity contribution in [2.45, 2.75) is 37.1 Å². The minimum absolute atomic E-state index is 0.108. The van der Waals surface area contributed by atoms with Crippen molar-refractivity contribution >= 4 is 10.0 Å². The number of nitrogens with zero attached hydrogens (tertiary/aromatic N) is 1. The Morgan fingerprint density at radius 2 is 2.11 bits per heavy atom. The largest absolute Gasteiger partial charge is 0.324 e. The SMILES string of the molecule is CCC(N)c1cccc(S(=O)(=O)N(C)CC2CC2)c1. The number of benzene rings is 1. The van der Waals surface area contributed by atoms with Crippen molar-refractivity contribution in [3.05, 3.63) is 29.8 Å². The van der Waals surface area contributed by atoms with Crippen LogP contribution in [0.4, 0.5) is 0 Å². The van der Waals surface area contributed by atoms with E-state index in [1.165, 1.54) is 4.31 Å². The molecule has 1 aliphatic rings. The van der Waals surface area contributed by atoms with Gasteiger partial charge in [-0.3, -0.25) is 0 Å². The number of rotatable bonds is 6. The van der Waals surface area contributed by atoms with Crippen molar-refractivity contribution in [2.75, 3.05) is 13.6 Å². The third-order valence-corrected chi connectivity index (χ3v) is 5.47. The van der Waals surface area contributed by atoms with Gasteiger partial charge in [-0.25, -0.2) is 12.7 Å². The van der Waals surface area contributed by atoms with Crippen molar-refractivity contribution in [3.8, 4) is 0 Å². The van der Waals surface area contributed by atoms with Gasteiger partial charge in [-0.05, 0) is 42.9 Å². The van der Waals surface area contributed by atoms with E-state index in [1.807, 2.05) is 13.0 Å². The first-order valence-corrected chi connectivity index (χ1v) is 8.21. The summed E-state index contributed by atoms with van der Waals surface area (Å²) in [4.78, 5) is 0.344. The molecular weight excluding hydrogens is 260 g/mol. The standard InChI is InChI=1S/C14H22N2O2S/c1-3-14(15)12-5-4-6-13(9-12)19(17,18)16(2)10-11-7-8-11/h4-6,9,11,14H,3,7-8,10,15H2,1-2H3. The van der Waals surface area contributed by atoms with Gasteiger partial charge < -0.3 is 5.73 Å². The summed E-state index contributed by atoms with van der Waals surface area (Å²) in [5.74, 6) is 0.542. The summed E-state index contributed by atoms with van der Waals surface area (Å²) in [5.41, 5.74) is 6.84. The van der Waals surface area contributed by atoms with Crippen molar-refractivity contribution in [3.63, 3.8) is 0 Å². The number of nitrogens with two attached hydrogens (primary N) is 1. The van der Waals surface area contributed by atoms with E-state index in [4.69, 9.17) is 5.73 Å². The van der Waals surface area contributed by atoms with Crippen LogP contribution in [-0.2, 0) is 10.0 Å². The second-order valence-electron chi connectivity index (χ2n) is 5.32. The molecule has 1 saturated carbocycles. The van der Waals surface area contributed by atoms with E-state index in [-0.39, 0.29) is 6.04 Å². The average molecular weight is 282 g/mol. The molecular formula is C14H22N2O2S. The molecule has 0 aliphatic heterocycles. The van der Waals surface area contributed by atoms with Gasteiger partial charge in [0.25, 0.3) is 0 Å². The predicted molar refractivity (Wildman–Crippen MR) is 76.2 cm³/mol.